The second-order valence-corrected chi connectivity index (χ2v) is 5.02. The van der Waals surface area contributed by atoms with Gasteiger partial charge >= 0.3 is 0 Å². The summed E-state index contributed by atoms with van der Waals surface area (Å²) in [6, 6.07) is 8.23. The predicted molar refractivity (Wildman–Crippen MR) is 73.9 cm³/mol. The molecule has 0 aliphatic heterocycles. The summed E-state index contributed by atoms with van der Waals surface area (Å²) in [6.07, 6.45) is 2.03. The molecule has 0 bridgehead atoms. The summed E-state index contributed by atoms with van der Waals surface area (Å²) in [5.41, 5.74) is 0. The molecule has 1 atom stereocenters. The third-order valence-corrected chi connectivity index (χ3v) is 3.00. The SMILES string of the molecule is Cl.OC(CNC1CC1)COc1ccc(Br)cc1. The molecule has 0 spiro atoms. The Balaban J connectivity index is 0.00000144. The van der Waals surface area contributed by atoms with Gasteiger partial charge in [-0.2, -0.15) is 0 Å². The van der Waals surface area contributed by atoms with Crippen LogP contribution in [0.3, 0.4) is 0 Å². The van der Waals surface area contributed by atoms with Gasteiger partial charge in [-0.05, 0) is 37.1 Å². The zero-order valence-corrected chi connectivity index (χ0v) is 11.8. The van der Waals surface area contributed by atoms with Crippen molar-refractivity contribution < 1.29 is 9.84 Å². The second-order valence-electron chi connectivity index (χ2n) is 4.10. The molecule has 0 heterocycles. The van der Waals surface area contributed by atoms with Gasteiger partial charge in [-0.3, -0.25) is 0 Å². The molecule has 5 heteroatoms. The van der Waals surface area contributed by atoms with Crippen LogP contribution in [0.2, 0.25) is 0 Å². The summed E-state index contributed by atoms with van der Waals surface area (Å²) in [6.45, 7) is 0.947. The Morgan fingerprint density at radius 1 is 1.35 bits per heavy atom. The largest absolute Gasteiger partial charge is 0.491 e. The molecule has 1 aromatic rings. The van der Waals surface area contributed by atoms with Crippen LogP contribution in [0.5, 0.6) is 5.75 Å². The van der Waals surface area contributed by atoms with E-state index in [9.17, 15) is 5.11 Å². The van der Waals surface area contributed by atoms with Crippen LogP contribution < -0.4 is 10.1 Å². The Bertz CT molecular complexity index is 330. The fourth-order valence-corrected chi connectivity index (χ4v) is 1.64. The van der Waals surface area contributed by atoms with E-state index in [0.717, 1.165) is 10.2 Å². The van der Waals surface area contributed by atoms with Gasteiger partial charge in [0.2, 0.25) is 0 Å². The van der Waals surface area contributed by atoms with Crippen LogP contribution in [0.25, 0.3) is 0 Å². The number of halogens is 2. The average Bonchev–Trinajstić information content (AvgIpc) is 3.09. The predicted octanol–water partition coefficient (Wildman–Crippen LogP) is 2.36. The van der Waals surface area contributed by atoms with Gasteiger partial charge < -0.3 is 15.2 Å². The molecular weight excluding hydrogens is 305 g/mol. The van der Waals surface area contributed by atoms with Crippen LogP contribution in [0.1, 0.15) is 12.8 Å². The molecule has 96 valence electrons. The van der Waals surface area contributed by atoms with Gasteiger partial charge in [0.25, 0.3) is 0 Å². The summed E-state index contributed by atoms with van der Waals surface area (Å²) in [5.74, 6) is 0.786. The zero-order valence-electron chi connectivity index (χ0n) is 9.43. The van der Waals surface area contributed by atoms with Gasteiger partial charge in [0, 0.05) is 17.1 Å². The normalized spacial score (nSPS) is 16.1. The fourth-order valence-electron chi connectivity index (χ4n) is 1.37. The Morgan fingerprint density at radius 3 is 2.59 bits per heavy atom. The Hall–Kier alpha value is -0.290. The van der Waals surface area contributed by atoms with Gasteiger partial charge in [0.05, 0.1) is 0 Å². The third kappa shape index (κ3) is 5.73. The second kappa shape index (κ2) is 7.21. The first-order chi connectivity index (χ1) is 7.74. The molecular formula is C12H17BrClNO2. The van der Waals surface area contributed by atoms with E-state index in [1.807, 2.05) is 24.3 Å². The lowest BCUT2D eigenvalue weighted by molar-refractivity contribution is 0.106. The average molecular weight is 323 g/mol. The fraction of sp³-hybridized carbons (Fsp3) is 0.500. The minimum absolute atomic E-state index is 0. The molecule has 2 N–H and O–H groups in total. The van der Waals surface area contributed by atoms with Crippen LogP contribution in [0.4, 0.5) is 0 Å². The first kappa shape index (κ1) is 14.8. The first-order valence-corrected chi connectivity index (χ1v) is 6.33. The number of aliphatic hydroxyl groups excluding tert-OH is 1. The van der Waals surface area contributed by atoms with Crippen molar-refractivity contribution in [3.8, 4) is 5.75 Å². The summed E-state index contributed by atoms with van der Waals surface area (Å²) >= 11 is 3.36. The van der Waals surface area contributed by atoms with E-state index >= 15 is 0 Å². The lowest BCUT2D eigenvalue weighted by Gasteiger charge is -2.12. The van der Waals surface area contributed by atoms with E-state index in [-0.39, 0.29) is 12.4 Å². The number of benzene rings is 1. The molecule has 1 aromatic carbocycles. The van der Waals surface area contributed by atoms with Crippen molar-refractivity contribution in [1.29, 1.82) is 0 Å². The van der Waals surface area contributed by atoms with Crippen molar-refractivity contribution in [3.05, 3.63) is 28.7 Å². The van der Waals surface area contributed by atoms with E-state index in [1.165, 1.54) is 12.8 Å². The van der Waals surface area contributed by atoms with Crippen LogP contribution >= 0.6 is 28.3 Å². The van der Waals surface area contributed by atoms with Crippen molar-refractivity contribution in [2.45, 2.75) is 25.0 Å². The quantitative estimate of drug-likeness (QED) is 0.845. The van der Waals surface area contributed by atoms with Gasteiger partial charge in [-0.25, -0.2) is 0 Å². The summed E-state index contributed by atoms with van der Waals surface area (Å²) in [5, 5.41) is 12.9. The molecule has 1 fully saturated rings. The molecule has 0 amide bonds. The molecule has 1 aliphatic rings. The molecule has 2 rings (SSSR count). The Kier molecular flexibility index (Phi) is 6.27. The topological polar surface area (TPSA) is 41.5 Å². The Labute approximate surface area is 116 Å². The maximum Gasteiger partial charge on any atom is 0.119 e. The minimum Gasteiger partial charge on any atom is -0.491 e. The van der Waals surface area contributed by atoms with Crippen molar-refractivity contribution in [2.75, 3.05) is 13.2 Å². The summed E-state index contributed by atoms with van der Waals surface area (Å²) in [4.78, 5) is 0. The number of hydrogen-bond acceptors (Lipinski definition) is 3. The number of ether oxygens (including phenoxy) is 1. The molecule has 1 aliphatic carbocycles. The van der Waals surface area contributed by atoms with Gasteiger partial charge in [0.1, 0.15) is 18.5 Å². The van der Waals surface area contributed by atoms with Crippen molar-refractivity contribution in [1.82, 2.24) is 5.32 Å². The minimum atomic E-state index is -0.441. The molecule has 1 unspecified atom stereocenters. The lowest BCUT2D eigenvalue weighted by Crippen LogP contribution is -2.32. The maximum atomic E-state index is 9.64. The smallest absolute Gasteiger partial charge is 0.119 e. The number of aliphatic hydroxyl groups is 1. The standard InChI is InChI=1S/C12H16BrNO2.ClH/c13-9-1-5-12(6-2-9)16-8-11(15)7-14-10-3-4-10;/h1-2,5-6,10-11,14-15H,3-4,7-8H2;1H. The molecule has 3 nitrogen and oxygen atoms in total. The maximum absolute atomic E-state index is 9.64. The van der Waals surface area contributed by atoms with E-state index in [4.69, 9.17) is 4.74 Å². The number of hydrogen-bond donors (Lipinski definition) is 2. The highest BCUT2D eigenvalue weighted by molar-refractivity contribution is 9.10. The first-order valence-electron chi connectivity index (χ1n) is 5.54. The summed E-state index contributed by atoms with van der Waals surface area (Å²) in [7, 11) is 0. The van der Waals surface area contributed by atoms with Crippen molar-refractivity contribution >= 4 is 28.3 Å². The van der Waals surface area contributed by atoms with Crippen LogP contribution in [-0.4, -0.2) is 30.4 Å². The van der Waals surface area contributed by atoms with E-state index in [0.29, 0.717) is 19.2 Å². The Morgan fingerprint density at radius 2 is 2.00 bits per heavy atom. The number of rotatable bonds is 6. The molecule has 0 radical (unpaired) electrons. The van der Waals surface area contributed by atoms with Crippen molar-refractivity contribution in [2.24, 2.45) is 0 Å². The van der Waals surface area contributed by atoms with E-state index in [1.54, 1.807) is 0 Å². The molecule has 0 aromatic heterocycles. The molecule has 17 heavy (non-hydrogen) atoms. The third-order valence-electron chi connectivity index (χ3n) is 2.48. The highest BCUT2D eigenvalue weighted by Crippen LogP contribution is 2.18. The van der Waals surface area contributed by atoms with Crippen LogP contribution in [0, 0.1) is 0 Å². The van der Waals surface area contributed by atoms with Gasteiger partial charge in [0.15, 0.2) is 0 Å². The van der Waals surface area contributed by atoms with E-state index < -0.39 is 6.10 Å². The zero-order chi connectivity index (χ0) is 11.4. The van der Waals surface area contributed by atoms with Crippen LogP contribution in [0.15, 0.2) is 28.7 Å². The molecule has 1 saturated carbocycles. The van der Waals surface area contributed by atoms with Crippen LogP contribution in [-0.2, 0) is 0 Å². The van der Waals surface area contributed by atoms with E-state index in [2.05, 4.69) is 21.2 Å². The van der Waals surface area contributed by atoms with Gasteiger partial charge in [-0.15, -0.1) is 12.4 Å². The molecule has 0 saturated heterocycles. The van der Waals surface area contributed by atoms with Crippen molar-refractivity contribution in [3.63, 3.8) is 0 Å². The highest BCUT2D eigenvalue weighted by Gasteiger charge is 2.21. The number of nitrogens with one attached hydrogen (secondary N) is 1. The lowest BCUT2D eigenvalue weighted by atomic mass is 10.3. The summed E-state index contributed by atoms with van der Waals surface area (Å²) < 4.78 is 6.49. The van der Waals surface area contributed by atoms with Gasteiger partial charge in [-0.1, -0.05) is 15.9 Å². The monoisotopic (exact) mass is 321 g/mol. The highest BCUT2D eigenvalue weighted by atomic mass is 79.9.